The number of unbranched alkanes of at least 4 members (excludes halogenated alkanes) is 48. The van der Waals surface area contributed by atoms with Crippen LogP contribution in [0.15, 0.2) is 0 Å². The topological polar surface area (TPSA) is 117 Å². The Bertz CT molecular complexity index is 1120. The van der Waals surface area contributed by atoms with Crippen LogP contribution in [-0.4, -0.2) is 64.2 Å². The molecule has 0 radical (unpaired) electrons. The largest absolute Gasteiger partial charge is 2.00 e. The zero-order valence-electron chi connectivity index (χ0n) is 57.6. The van der Waals surface area contributed by atoms with Gasteiger partial charge in [-0.2, -0.15) is 0 Å². The van der Waals surface area contributed by atoms with Crippen LogP contribution in [0.3, 0.4) is 0 Å². The van der Waals surface area contributed by atoms with E-state index in [0.717, 1.165) is 75.0 Å². The first kappa shape index (κ1) is 88.7. The van der Waals surface area contributed by atoms with Gasteiger partial charge < -0.3 is 27.9 Å². The van der Waals surface area contributed by atoms with Gasteiger partial charge in [-0.1, -0.05) is 389 Å². The molecule has 0 fully saturated rings. The summed E-state index contributed by atoms with van der Waals surface area (Å²) in [4.78, 5) is 23.9. The van der Waals surface area contributed by atoms with Gasteiger partial charge in [-0.05, 0) is 49.4 Å². The van der Waals surface area contributed by atoms with Crippen molar-refractivity contribution < 1.29 is 37.0 Å². The number of rotatable bonds is 68. The third-order valence-electron chi connectivity index (χ3n) is 16.7. The van der Waals surface area contributed by atoms with Crippen LogP contribution in [0.1, 0.15) is 415 Å². The molecule has 0 N–H and O–H groups in total. The number of hydrogen-bond acceptors (Lipinski definition) is 8. The smallest absolute Gasteiger partial charge is 0.756 e. The van der Waals surface area contributed by atoms with E-state index in [1.807, 2.05) is 0 Å². The summed E-state index contributed by atoms with van der Waals surface area (Å²) >= 11 is 0. The molecular formula is C72H148CaO8P2. The van der Waals surface area contributed by atoms with Crippen LogP contribution < -0.4 is 9.79 Å². The van der Waals surface area contributed by atoms with Gasteiger partial charge in [-0.3, -0.25) is 9.13 Å². The zero-order chi connectivity index (χ0) is 60.6. The Morgan fingerprint density at radius 3 is 0.410 bits per heavy atom. The summed E-state index contributed by atoms with van der Waals surface area (Å²) in [5, 5.41) is 0. The van der Waals surface area contributed by atoms with Crippen LogP contribution in [0, 0.1) is 23.7 Å². The molecule has 0 amide bonds. The van der Waals surface area contributed by atoms with E-state index < -0.39 is 15.6 Å². The van der Waals surface area contributed by atoms with Crippen LogP contribution in [-0.2, 0) is 27.2 Å². The Kier molecular flexibility index (Phi) is 75.8. The van der Waals surface area contributed by atoms with Crippen LogP contribution in [0.4, 0.5) is 0 Å². The van der Waals surface area contributed by atoms with Gasteiger partial charge >= 0.3 is 37.7 Å². The van der Waals surface area contributed by atoms with E-state index in [1.54, 1.807) is 0 Å². The fourth-order valence-electron chi connectivity index (χ4n) is 11.2. The van der Waals surface area contributed by atoms with Gasteiger partial charge in [0.25, 0.3) is 15.6 Å². The molecule has 0 spiro atoms. The maximum absolute atomic E-state index is 11.9. The SMILES string of the molecule is CC(C)CCCCCCCCCCCCCCCOP(=O)([O-])OCCCCCCCCCCCCCCCC(C)C.CC(C)CCCCCCCCCCCCCCCOP(=O)([O-])OCCCCCCCCCCCCCCCC(C)C.[Ca+2]. The molecular weight excluding hydrogens is 1090 g/mol. The second-order valence-electron chi connectivity index (χ2n) is 27.3. The molecule has 0 heterocycles. The van der Waals surface area contributed by atoms with Gasteiger partial charge in [0.15, 0.2) is 0 Å². The molecule has 0 saturated heterocycles. The number of phosphoric ester groups is 2. The van der Waals surface area contributed by atoms with Crippen molar-refractivity contribution in [2.75, 3.05) is 26.4 Å². The van der Waals surface area contributed by atoms with Crippen LogP contribution in [0.2, 0.25) is 0 Å². The Morgan fingerprint density at radius 1 is 0.205 bits per heavy atom. The van der Waals surface area contributed by atoms with E-state index >= 15 is 0 Å². The molecule has 0 unspecified atom stereocenters. The van der Waals surface area contributed by atoms with Gasteiger partial charge in [0, 0.05) is 0 Å². The van der Waals surface area contributed by atoms with Crippen LogP contribution in [0.25, 0.3) is 0 Å². The quantitative estimate of drug-likeness (QED) is 0.0336. The van der Waals surface area contributed by atoms with Gasteiger partial charge in [0.1, 0.15) is 0 Å². The molecule has 0 aliphatic heterocycles. The van der Waals surface area contributed by atoms with Crippen molar-refractivity contribution in [3.05, 3.63) is 0 Å². The molecule has 0 aromatic carbocycles. The first-order chi connectivity index (χ1) is 39.7. The summed E-state index contributed by atoms with van der Waals surface area (Å²) in [5.41, 5.74) is 0. The van der Waals surface area contributed by atoms with Crippen molar-refractivity contribution in [1.82, 2.24) is 0 Å². The molecule has 0 bridgehead atoms. The monoisotopic (exact) mass is 1240 g/mol. The molecule has 0 aromatic rings. The van der Waals surface area contributed by atoms with Gasteiger partial charge in [-0.15, -0.1) is 0 Å². The minimum atomic E-state index is -4.12. The number of phosphoric acid groups is 2. The minimum Gasteiger partial charge on any atom is -0.756 e. The molecule has 0 aromatic heterocycles. The molecule has 8 nitrogen and oxygen atoms in total. The van der Waals surface area contributed by atoms with E-state index in [-0.39, 0.29) is 64.2 Å². The van der Waals surface area contributed by atoms with Crippen molar-refractivity contribution in [3.63, 3.8) is 0 Å². The van der Waals surface area contributed by atoms with E-state index in [2.05, 4.69) is 55.4 Å². The standard InChI is InChI=1S/2C36H75O4P.Ca/c2*1-35(2)31-27-23-19-15-11-7-5-9-13-17-21-25-29-33-39-41(37,38)40-34-30-26-22-18-14-10-6-8-12-16-20-24-28-32-36(3)4;/h2*35-36H,5-34H2,1-4H3,(H,37,38);/q;;+2/p-2. The third-order valence-corrected chi connectivity index (χ3v) is 18.7. The predicted octanol–water partition coefficient (Wildman–Crippen LogP) is 25.1. The average molecular weight is 1240 g/mol. The molecule has 0 aliphatic carbocycles. The van der Waals surface area contributed by atoms with Crippen molar-refractivity contribution in [3.8, 4) is 0 Å². The summed E-state index contributed by atoms with van der Waals surface area (Å²) in [7, 11) is -8.25. The molecule has 0 rings (SSSR count). The third kappa shape index (κ3) is 83.5. The Morgan fingerprint density at radius 2 is 0.301 bits per heavy atom. The summed E-state index contributed by atoms with van der Waals surface area (Å²) in [6.07, 6.45) is 72.2. The fourth-order valence-corrected chi connectivity index (χ4v) is 12.7. The van der Waals surface area contributed by atoms with Crippen molar-refractivity contribution >= 4 is 53.4 Å². The Labute approximate surface area is 551 Å². The predicted molar refractivity (Wildman–Crippen MR) is 363 cm³/mol. The van der Waals surface area contributed by atoms with Crippen molar-refractivity contribution in [1.29, 1.82) is 0 Å². The Hall–Kier alpha value is 1.48. The zero-order valence-corrected chi connectivity index (χ0v) is 61.6. The van der Waals surface area contributed by atoms with Crippen molar-refractivity contribution in [2.24, 2.45) is 23.7 Å². The summed E-state index contributed by atoms with van der Waals surface area (Å²) in [6.45, 7) is 19.6. The average Bonchev–Trinajstić information content (AvgIpc) is 3.42. The maximum atomic E-state index is 11.9. The van der Waals surface area contributed by atoms with E-state index in [9.17, 15) is 18.9 Å². The molecule has 0 aliphatic rings. The first-order valence-corrected chi connectivity index (χ1v) is 39.8. The minimum absolute atomic E-state index is 0. The van der Waals surface area contributed by atoms with E-state index in [0.29, 0.717) is 0 Å². The van der Waals surface area contributed by atoms with Crippen LogP contribution >= 0.6 is 15.6 Å². The second kappa shape index (κ2) is 70.9. The normalized spacial score (nSPS) is 12.1. The summed E-state index contributed by atoms with van der Waals surface area (Å²) in [6, 6.07) is 0. The van der Waals surface area contributed by atoms with Crippen molar-refractivity contribution in [2.45, 2.75) is 415 Å². The Balaban J connectivity index is -0.00000152. The first-order valence-electron chi connectivity index (χ1n) is 36.9. The fraction of sp³-hybridized carbons (Fsp3) is 1.00. The van der Waals surface area contributed by atoms with E-state index in [4.69, 9.17) is 18.1 Å². The molecule has 496 valence electrons. The number of hydrogen-bond donors (Lipinski definition) is 0. The summed E-state index contributed by atoms with van der Waals surface area (Å²) < 4.78 is 44.1. The molecule has 0 atom stereocenters. The molecule has 11 heteroatoms. The molecule has 83 heavy (non-hydrogen) atoms. The second-order valence-corrected chi connectivity index (χ2v) is 30.2. The van der Waals surface area contributed by atoms with Gasteiger partial charge in [-0.25, -0.2) is 0 Å². The van der Waals surface area contributed by atoms with Crippen LogP contribution in [0.5, 0.6) is 0 Å². The van der Waals surface area contributed by atoms with E-state index in [1.165, 1.54) is 308 Å². The molecule has 0 saturated carbocycles. The summed E-state index contributed by atoms with van der Waals surface area (Å²) in [5.74, 6) is 3.42. The van der Waals surface area contributed by atoms with Gasteiger partial charge in [0.2, 0.25) is 0 Å². The van der Waals surface area contributed by atoms with Gasteiger partial charge in [0.05, 0.1) is 26.4 Å². The maximum Gasteiger partial charge on any atom is 2.00 e.